The molecule has 0 heterocycles. The number of hydrogen-bond acceptors (Lipinski definition) is 5. The molecule has 0 aliphatic rings. The van der Waals surface area contributed by atoms with Gasteiger partial charge in [-0.3, -0.25) is 14.5 Å². The number of carbonyl (C=O) groups excluding carboxylic acids is 3. The number of nitrogens with two attached hydrogens (primary N) is 1. The van der Waals surface area contributed by atoms with Crippen molar-refractivity contribution in [3.8, 4) is 0 Å². The Balaban J connectivity index is 2.58. The third-order valence-electron chi connectivity index (χ3n) is 3.57. The number of likely N-dealkylation sites (N-methyl/N-ethyl adjacent to an activating group) is 1. The first-order chi connectivity index (χ1) is 11.8. The number of benzene rings is 1. The van der Waals surface area contributed by atoms with Crippen LogP contribution in [0.2, 0.25) is 0 Å². The lowest BCUT2D eigenvalue weighted by Crippen LogP contribution is -2.48. The monoisotopic (exact) mass is 351 g/mol. The molecule has 0 radical (unpaired) electrons. The smallest absolute Gasteiger partial charge is 0.410 e. The lowest BCUT2D eigenvalue weighted by molar-refractivity contribution is -0.123. The van der Waals surface area contributed by atoms with Gasteiger partial charge in [-0.05, 0) is 23.6 Å². The van der Waals surface area contributed by atoms with Crippen molar-refractivity contribution in [3.63, 3.8) is 0 Å². The van der Waals surface area contributed by atoms with E-state index < -0.39 is 18.0 Å². The maximum atomic E-state index is 12.1. The van der Waals surface area contributed by atoms with Gasteiger partial charge in [-0.15, -0.1) is 0 Å². The zero-order valence-electron chi connectivity index (χ0n) is 14.7. The number of amides is 3. The average Bonchev–Trinajstić information content (AvgIpc) is 2.53. The summed E-state index contributed by atoms with van der Waals surface area (Å²) < 4.78 is 5.19. The average molecular weight is 351 g/mol. The van der Waals surface area contributed by atoms with Gasteiger partial charge in [0.25, 0.3) is 0 Å². The Kier molecular flexibility index (Phi) is 7.87. The van der Waals surface area contributed by atoms with E-state index >= 15 is 0 Å². The van der Waals surface area contributed by atoms with E-state index in [1.165, 1.54) is 11.9 Å². The van der Waals surface area contributed by atoms with Crippen LogP contribution in [-0.2, 0) is 20.9 Å². The van der Waals surface area contributed by atoms with E-state index in [4.69, 9.17) is 15.6 Å². The van der Waals surface area contributed by atoms with Crippen molar-refractivity contribution in [2.45, 2.75) is 32.9 Å². The molecule has 0 saturated carbocycles. The summed E-state index contributed by atoms with van der Waals surface area (Å²) in [7, 11) is 1.47. The maximum absolute atomic E-state index is 12.1. The minimum absolute atomic E-state index is 0.0254. The largest absolute Gasteiger partial charge is 0.445 e. The van der Waals surface area contributed by atoms with Crippen LogP contribution in [0.5, 0.6) is 0 Å². The minimum atomic E-state index is -0.739. The number of hydrogen-bond donors (Lipinski definition) is 3. The van der Waals surface area contributed by atoms with Gasteiger partial charge in [-0.2, -0.15) is 0 Å². The van der Waals surface area contributed by atoms with E-state index in [2.05, 4.69) is 5.32 Å². The molecule has 0 aliphatic carbocycles. The second-order valence-electron chi connectivity index (χ2n) is 5.98. The van der Waals surface area contributed by atoms with E-state index in [1.807, 2.05) is 0 Å². The topological polar surface area (TPSA) is 122 Å². The van der Waals surface area contributed by atoms with Crippen LogP contribution in [0.4, 0.5) is 10.5 Å². The van der Waals surface area contributed by atoms with Gasteiger partial charge in [0.2, 0.25) is 11.8 Å². The van der Waals surface area contributed by atoms with E-state index in [0.717, 1.165) is 5.56 Å². The minimum Gasteiger partial charge on any atom is -0.445 e. The summed E-state index contributed by atoms with van der Waals surface area (Å²) in [6.07, 6.45) is -0.611. The fourth-order valence-electron chi connectivity index (χ4n) is 2.34. The van der Waals surface area contributed by atoms with Crippen molar-refractivity contribution in [2.75, 3.05) is 19.0 Å². The lowest BCUT2D eigenvalue weighted by Gasteiger charge is -2.27. The molecule has 0 aliphatic heterocycles. The molecule has 1 aromatic carbocycles. The van der Waals surface area contributed by atoms with Gasteiger partial charge in [0, 0.05) is 12.7 Å². The van der Waals surface area contributed by atoms with E-state index in [-0.39, 0.29) is 31.5 Å². The molecule has 0 saturated heterocycles. The second-order valence-corrected chi connectivity index (χ2v) is 5.98. The molecular formula is C17H25N3O5. The van der Waals surface area contributed by atoms with Crippen molar-refractivity contribution >= 4 is 23.6 Å². The highest BCUT2D eigenvalue weighted by molar-refractivity contribution is 5.90. The van der Waals surface area contributed by atoms with Gasteiger partial charge in [0.1, 0.15) is 12.6 Å². The number of ether oxygens (including phenoxy) is 1. The molecule has 0 fully saturated rings. The first-order valence-corrected chi connectivity index (χ1v) is 7.94. The Morgan fingerprint density at radius 3 is 2.32 bits per heavy atom. The van der Waals surface area contributed by atoms with E-state index in [1.54, 1.807) is 38.1 Å². The molecule has 4 N–H and O–H groups in total. The molecule has 1 rings (SSSR count). The lowest BCUT2D eigenvalue weighted by atomic mass is 10.0. The summed E-state index contributed by atoms with van der Waals surface area (Å²) in [5, 5.41) is 11.3. The fourth-order valence-corrected chi connectivity index (χ4v) is 2.34. The first-order valence-electron chi connectivity index (χ1n) is 7.94. The molecule has 1 aromatic rings. The molecular weight excluding hydrogens is 326 g/mol. The zero-order valence-corrected chi connectivity index (χ0v) is 14.7. The first kappa shape index (κ1) is 20.4. The standard InChI is InChI=1S/C17H25N3O5/c1-11(2)15(16(18)23)20(3)17(24)25-10-12-4-6-13(7-5-12)19-14(22)8-9-21/h4-7,11,15,21H,8-10H2,1-3H3,(H2,18,23)(H,19,22). The Morgan fingerprint density at radius 2 is 1.84 bits per heavy atom. The van der Waals surface area contributed by atoms with E-state index in [0.29, 0.717) is 5.69 Å². The number of nitrogens with zero attached hydrogens (tertiary/aromatic N) is 1. The van der Waals surface area contributed by atoms with Gasteiger partial charge < -0.3 is 20.9 Å². The summed E-state index contributed by atoms with van der Waals surface area (Å²) in [6.45, 7) is 3.40. The van der Waals surface area contributed by atoms with Crippen molar-refractivity contribution in [3.05, 3.63) is 29.8 Å². The van der Waals surface area contributed by atoms with Gasteiger partial charge in [0.15, 0.2) is 0 Å². The van der Waals surface area contributed by atoms with E-state index in [9.17, 15) is 14.4 Å². The van der Waals surface area contributed by atoms with Crippen molar-refractivity contribution < 1.29 is 24.2 Å². The summed E-state index contributed by atoms with van der Waals surface area (Å²) in [6, 6.07) is 6.01. The number of carbonyl (C=O) groups is 3. The number of aliphatic hydroxyl groups is 1. The molecule has 138 valence electrons. The number of aliphatic hydroxyl groups excluding tert-OH is 1. The Hall–Kier alpha value is -2.61. The number of primary amides is 1. The van der Waals surface area contributed by atoms with Crippen molar-refractivity contribution in [2.24, 2.45) is 11.7 Å². The number of rotatable bonds is 8. The van der Waals surface area contributed by atoms with Gasteiger partial charge in [-0.1, -0.05) is 26.0 Å². The molecule has 1 atom stereocenters. The van der Waals surface area contributed by atoms with Crippen LogP contribution < -0.4 is 11.1 Å². The Labute approximate surface area is 146 Å². The van der Waals surface area contributed by atoms with Crippen molar-refractivity contribution in [1.29, 1.82) is 0 Å². The summed E-state index contributed by atoms with van der Waals surface area (Å²) in [5.74, 6) is -0.997. The molecule has 3 amide bonds. The van der Waals surface area contributed by atoms with Gasteiger partial charge >= 0.3 is 6.09 Å². The SMILES string of the molecule is CC(C)C(C(N)=O)N(C)C(=O)OCc1ccc(NC(=O)CCO)cc1. The molecule has 0 bridgehead atoms. The molecule has 8 nitrogen and oxygen atoms in total. The molecule has 0 aromatic heterocycles. The molecule has 0 spiro atoms. The van der Waals surface area contributed by atoms with Gasteiger partial charge in [0.05, 0.1) is 13.0 Å². The maximum Gasteiger partial charge on any atom is 0.410 e. The van der Waals surface area contributed by atoms with Crippen LogP contribution in [0, 0.1) is 5.92 Å². The quantitative estimate of drug-likeness (QED) is 0.647. The highest BCUT2D eigenvalue weighted by atomic mass is 16.6. The predicted molar refractivity (Wildman–Crippen MR) is 92.5 cm³/mol. The highest BCUT2D eigenvalue weighted by Crippen LogP contribution is 2.13. The Bertz CT molecular complexity index is 601. The van der Waals surface area contributed by atoms with Gasteiger partial charge in [-0.25, -0.2) is 4.79 Å². The Morgan fingerprint density at radius 1 is 1.24 bits per heavy atom. The van der Waals surface area contributed by atoms with Crippen LogP contribution in [0.25, 0.3) is 0 Å². The number of nitrogens with one attached hydrogen (secondary N) is 1. The van der Waals surface area contributed by atoms with Crippen molar-refractivity contribution in [1.82, 2.24) is 4.90 Å². The highest BCUT2D eigenvalue weighted by Gasteiger charge is 2.28. The van der Waals surface area contributed by atoms with Crippen LogP contribution in [-0.4, -0.2) is 47.6 Å². The third-order valence-corrected chi connectivity index (χ3v) is 3.57. The summed E-state index contributed by atoms with van der Waals surface area (Å²) in [5.41, 5.74) is 6.63. The molecule has 1 unspecified atom stereocenters. The second kappa shape index (κ2) is 9.63. The normalized spacial score (nSPS) is 11.7. The van der Waals surface area contributed by atoms with Crippen LogP contribution in [0.15, 0.2) is 24.3 Å². The summed E-state index contributed by atoms with van der Waals surface area (Å²) in [4.78, 5) is 36.1. The van der Waals surface area contributed by atoms with Crippen LogP contribution in [0.1, 0.15) is 25.8 Å². The molecule has 8 heteroatoms. The molecule has 25 heavy (non-hydrogen) atoms. The summed E-state index contributed by atoms with van der Waals surface area (Å²) >= 11 is 0. The predicted octanol–water partition coefficient (Wildman–Crippen LogP) is 1.09. The van der Waals surface area contributed by atoms with Crippen LogP contribution >= 0.6 is 0 Å². The fraction of sp³-hybridized carbons (Fsp3) is 0.471. The number of anilines is 1. The van der Waals surface area contributed by atoms with Crippen LogP contribution in [0.3, 0.4) is 0 Å². The zero-order chi connectivity index (χ0) is 19.0. The third kappa shape index (κ3) is 6.42.